The van der Waals surface area contributed by atoms with Gasteiger partial charge in [-0.1, -0.05) is 0 Å². The predicted octanol–water partition coefficient (Wildman–Crippen LogP) is 2.36. The number of benzene rings is 2. The lowest BCUT2D eigenvalue weighted by Gasteiger charge is -2.13. The molecule has 0 fully saturated rings. The van der Waals surface area contributed by atoms with E-state index in [1.165, 1.54) is 19.2 Å². The number of ether oxygens (including phenoxy) is 2. The van der Waals surface area contributed by atoms with Gasteiger partial charge in [-0.25, -0.2) is 0 Å². The van der Waals surface area contributed by atoms with Gasteiger partial charge in [-0.3, -0.25) is 0 Å². The fourth-order valence-electron chi connectivity index (χ4n) is 1.83. The number of anilines is 1. The molecule has 0 bridgehead atoms. The van der Waals surface area contributed by atoms with E-state index in [-0.39, 0.29) is 17.2 Å². The predicted molar refractivity (Wildman–Crippen MR) is 72.7 cm³/mol. The van der Waals surface area contributed by atoms with Crippen LogP contribution in [0.2, 0.25) is 0 Å². The molecule has 100 valence electrons. The van der Waals surface area contributed by atoms with E-state index in [1.54, 1.807) is 25.3 Å². The second-order valence-corrected chi connectivity index (χ2v) is 3.99. The Morgan fingerprint density at radius 2 is 1.63 bits per heavy atom. The van der Waals surface area contributed by atoms with Gasteiger partial charge < -0.3 is 25.4 Å². The van der Waals surface area contributed by atoms with E-state index in [1.807, 2.05) is 0 Å². The maximum absolute atomic E-state index is 9.91. The molecule has 5 heteroatoms. The van der Waals surface area contributed by atoms with E-state index in [0.717, 1.165) is 0 Å². The van der Waals surface area contributed by atoms with Crippen LogP contribution in [0.15, 0.2) is 30.3 Å². The number of hydrogen-bond acceptors (Lipinski definition) is 5. The van der Waals surface area contributed by atoms with Crippen LogP contribution in [-0.4, -0.2) is 24.4 Å². The molecule has 2 aromatic carbocycles. The second-order valence-electron chi connectivity index (χ2n) is 3.99. The number of rotatable bonds is 3. The first-order valence-corrected chi connectivity index (χ1v) is 5.60. The van der Waals surface area contributed by atoms with Crippen molar-refractivity contribution in [2.45, 2.75) is 0 Å². The fourth-order valence-corrected chi connectivity index (χ4v) is 1.83. The Morgan fingerprint density at radius 3 is 2.26 bits per heavy atom. The fraction of sp³-hybridized carbons (Fsp3) is 0.143. The molecule has 0 atom stereocenters. The molecule has 0 radical (unpaired) electrons. The molecular formula is C14H15NO4. The Kier molecular flexibility index (Phi) is 3.37. The molecule has 0 amide bonds. The summed E-state index contributed by atoms with van der Waals surface area (Å²) in [4.78, 5) is 0. The summed E-state index contributed by atoms with van der Waals surface area (Å²) in [5, 5.41) is 19.4. The van der Waals surface area contributed by atoms with E-state index < -0.39 is 0 Å². The zero-order valence-electron chi connectivity index (χ0n) is 10.7. The Hall–Kier alpha value is -2.56. The van der Waals surface area contributed by atoms with Gasteiger partial charge in [0.05, 0.1) is 19.9 Å². The van der Waals surface area contributed by atoms with Gasteiger partial charge in [-0.2, -0.15) is 0 Å². The topological polar surface area (TPSA) is 84.9 Å². The van der Waals surface area contributed by atoms with E-state index in [2.05, 4.69) is 0 Å². The molecule has 0 aliphatic heterocycles. The minimum Gasteiger partial charge on any atom is -0.507 e. The van der Waals surface area contributed by atoms with E-state index in [4.69, 9.17) is 15.2 Å². The van der Waals surface area contributed by atoms with Gasteiger partial charge >= 0.3 is 0 Å². The van der Waals surface area contributed by atoms with Crippen LogP contribution in [0.3, 0.4) is 0 Å². The Labute approximate surface area is 110 Å². The van der Waals surface area contributed by atoms with E-state index in [9.17, 15) is 10.2 Å². The molecule has 0 saturated heterocycles. The first-order chi connectivity index (χ1) is 9.06. The van der Waals surface area contributed by atoms with Gasteiger partial charge in [-0.15, -0.1) is 0 Å². The number of aromatic hydroxyl groups is 2. The van der Waals surface area contributed by atoms with Crippen LogP contribution in [-0.2, 0) is 0 Å². The molecule has 0 aliphatic carbocycles. The maximum atomic E-state index is 9.91. The van der Waals surface area contributed by atoms with Crippen molar-refractivity contribution in [2.24, 2.45) is 0 Å². The molecular weight excluding hydrogens is 246 g/mol. The quantitative estimate of drug-likeness (QED) is 0.448. The van der Waals surface area contributed by atoms with Crippen LogP contribution in [0.5, 0.6) is 23.0 Å². The summed E-state index contributed by atoms with van der Waals surface area (Å²) in [7, 11) is 3.09. The van der Waals surface area contributed by atoms with Gasteiger partial charge in [0.1, 0.15) is 23.0 Å². The van der Waals surface area contributed by atoms with Crippen molar-refractivity contribution in [3.05, 3.63) is 30.3 Å². The first-order valence-electron chi connectivity index (χ1n) is 5.60. The molecule has 0 heterocycles. The molecule has 0 aliphatic rings. The maximum Gasteiger partial charge on any atom is 0.142 e. The highest BCUT2D eigenvalue weighted by molar-refractivity contribution is 5.80. The van der Waals surface area contributed by atoms with Gasteiger partial charge in [-0.05, 0) is 18.2 Å². The lowest BCUT2D eigenvalue weighted by atomic mass is 10.0. The monoisotopic (exact) mass is 261 g/mol. The van der Waals surface area contributed by atoms with Gasteiger partial charge in [0.15, 0.2) is 0 Å². The summed E-state index contributed by atoms with van der Waals surface area (Å²) in [6.45, 7) is 0. The van der Waals surface area contributed by atoms with Crippen LogP contribution in [0, 0.1) is 0 Å². The average molecular weight is 261 g/mol. The second kappa shape index (κ2) is 4.97. The number of nitrogens with two attached hydrogens (primary N) is 1. The largest absolute Gasteiger partial charge is 0.507 e. The number of phenolic OH excluding ortho intramolecular Hbond substituents is 2. The van der Waals surface area contributed by atoms with E-state index in [0.29, 0.717) is 22.6 Å². The van der Waals surface area contributed by atoms with Crippen molar-refractivity contribution < 1.29 is 19.7 Å². The summed E-state index contributed by atoms with van der Waals surface area (Å²) in [5.74, 6) is 0.954. The minimum atomic E-state index is -0.159. The van der Waals surface area contributed by atoms with Crippen molar-refractivity contribution in [3.8, 4) is 34.1 Å². The molecule has 5 nitrogen and oxygen atoms in total. The summed E-state index contributed by atoms with van der Waals surface area (Å²) < 4.78 is 10.4. The van der Waals surface area contributed by atoms with Gasteiger partial charge in [0.2, 0.25) is 0 Å². The molecule has 0 saturated carbocycles. The van der Waals surface area contributed by atoms with Crippen molar-refractivity contribution >= 4 is 5.69 Å². The number of methoxy groups -OCH3 is 2. The minimum absolute atomic E-state index is 0.0739. The Morgan fingerprint density at radius 1 is 0.895 bits per heavy atom. The summed E-state index contributed by atoms with van der Waals surface area (Å²) in [6, 6.07) is 7.91. The zero-order chi connectivity index (χ0) is 14.0. The molecule has 2 aromatic rings. The van der Waals surface area contributed by atoms with Crippen molar-refractivity contribution in [1.29, 1.82) is 0 Å². The molecule has 4 N–H and O–H groups in total. The van der Waals surface area contributed by atoms with Crippen molar-refractivity contribution in [2.75, 3.05) is 20.0 Å². The third-order valence-electron chi connectivity index (χ3n) is 2.84. The molecule has 0 aromatic heterocycles. The van der Waals surface area contributed by atoms with Gasteiger partial charge in [0.25, 0.3) is 0 Å². The lowest BCUT2D eigenvalue weighted by Crippen LogP contribution is -1.92. The van der Waals surface area contributed by atoms with E-state index >= 15 is 0 Å². The van der Waals surface area contributed by atoms with Gasteiger partial charge in [0, 0.05) is 23.3 Å². The zero-order valence-corrected chi connectivity index (χ0v) is 10.7. The number of phenols is 2. The summed E-state index contributed by atoms with van der Waals surface area (Å²) in [5.41, 5.74) is 6.97. The highest BCUT2D eigenvalue weighted by Crippen LogP contribution is 2.41. The first kappa shape index (κ1) is 12.9. The van der Waals surface area contributed by atoms with Crippen LogP contribution in [0.4, 0.5) is 5.69 Å². The summed E-state index contributed by atoms with van der Waals surface area (Å²) in [6.07, 6.45) is 0. The molecule has 0 unspecified atom stereocenters. The molecule has 0 spiro atoms. The smallest absolute Gasteiger partial charge is 0.142 e. The third kappa shape index (κ3) is 2.35. The summed E-state index contributed by atoms with van der Waals surface area (Å²) >= 11 is 0. The average Bonchev–Trinajstić information content (AvgIpc) is 2.42. The van der Waals surface area contributed by atoms with Crippen molar-refractivity contribution in [1.82, 2.24) is 0 Å². The number of nitrogen functional groups attached to an aromatic ring is 1. The third-order valence-corrected chi connectivity index (χ3v) is 2.84. The normalized spacial score (nSPS) is 10.2. The highest BCUT2D eigenvalue weighted by Gasteiger charge is 2.13. The van der Waals surface area contributed by atoms with Crippen LogP contribution >= 0.6 is 0 Å². The van der Waals surface area contributed by atoms with Crippen molar-refractivity contribution in [3.63, 3.8) is 0 Å². The SMILES string of the molecule is COc1ccc(-c2cc(N)c(O)cc2O)c(OC)c1. The Balaban J connectivity index is 2.61. The standard InChI is InChI=1S/C14H15NO4/c1-18-8-3-4-9(14(5-8)19-2)10-6-11(15)13(17)7-12(10)16/h3-7,16-17H,15H2,1-2H3. The van der Waals surface area contributed by atoms with Crippen LogP contribution in [0.25, 0.3) is 11.1 Å². The lowest BCUT2D eigenvalue weighted by molar-refractivity contribution is 0.395. The Bertz CT molecular complexity index is 611. The number of hydrogen-bond donors (Lipinski definition) is 3. The molecule has 2 rings (SSSR count). The molecule has 19 heavy (non-hydrogen) atoms. The highest BCUT2D eigenvalue weighted by atomic mass is 16.5. The van der Waals surface area contributed by atoms with Crippen LogP contribution in [0.1, 0.15) is 0 Å². The van der Waals surface area contributed by atoms with Crippen LogP contribution < -0.4 is 15.2 Å².